The van der Waals surface area contributed by atoms with E-state index in [2.05, 4.69) is 38.2 Å². The SMILES string of the molecule is CN1CCN(S(=O)(=O)N2CCN(Cc3ccc4cn[nH]c4c3)CC2)CC1. The summed E-state index contributed by atoms with van der Waals surface area (Å²) < 4.78 is 28.9. The first-order chi connectivity index (χ1) is 12.5. The first-order valence-corrected chi connectivity index (χ1v) is 10.5. The van der Waals surface area contributed by atoms with Crippen molar-refractivity contribution in [2.75, 3.05) is 59.4 Å². The number of hydrogen-bond donors (Lipinski definition) is 1. The maximum Gasteiger partial charge on any atom is 0.282 e. The van der Waals surface area contributed by atoms with Crippen LogP contribution in [0.3, 0.4) is 0 Å². The fraction of sp³-hybridized carbons (Fsp3) is 0.588. The van der Waals surface area contributed by atoms with E-state index in [0.29, 0.717) is 26.2 Å². The van der Waals surface area contributed by atoms with Crippen molar-refractivity contribution in [1.29, 1.82) is 0 Å². The van der Waals surface area contributed by atoms with Gasteiger partial charge < -0.3 is 4.90 Å². The zero-order chi connectivity index (χ0) is 18.1. The summed E-state index contributed by atoms with van der Waals surface area (Å²) in [5.74, 6) is 0. The van der Waals surface area contributed by atoms with E-state index < -0.39 is 10.2 Å². The van der Waals surface area contributed by atoms with Crippen molar-refractivity contribution in [2.45, 2.75) is 6.54 Å². The van der Waals surface area contributed by atoms with Crippen LogP contribution in [0.25, 0.3) is 10.9 Å². The summed E-state index contributed by atoms with van der Waals surface area (Å²) in [7, 11) is -1.29. The van der Waals surface area contributed by atoms with E-state index in [-0.39, 0.29) is 0 Å². The summed E-state index contributed by atoms with van der Waals surface area (Å²) in [6, 6.07) is 6.31. The first kappa shape index (κ1) is 17.9. The monoisotopic (exact) mass is 378 g/mol. The first-order valence-electron chi connectivity index (χ1n) is 9.10. The van der Waals surface area contributed by atoms with Crippen molar-refractivity contribution >= 4 is 21.1 Å². The molecule has 0 unspecified atom stereocenters. The van der Waals surface area contributed by atoms with Crippen molar-refractivity contribution < 1.29 is 8.42 Å². The second kappa shape index (κ2) is 7.24. The lowest BCUT2D eigenvalue weighted by Gasteiger charge is -2.39. The molecular formula is C17H26N6O2S. The molecular weight excluding hydrogens is 352 g/mol. The fourth-order valence-electron chi connectivity index (χ4n) is 3.64. The number of aromatic amines is 1. The van der Waals surface area contributed by atoms with Gasteiger partial charge in [-0.2, -0.15) is 22.1 Å². The van der Waals surface area contributed by atoms with Gasteiger partial charge in [0.1, 0.15) is 0 Å². The largest absolute Gasteiger partial charge is 0.304 e. The van der Waals surface area contributed by atoms with E-state index >= 15 is 0 Å². The lowest BCUT2D eigenvalue weighted by atomic mass is 10.1. The van der Waals surface area contributed by atoms with E-state index in [9.17, 15) is 8.42 Å². The average molecular weight is 379 g/mol. The second-order valence-corrected chi connectivity index (χ2v) is 9.11. The lowest BCUT2D eigenvalue weighted by Crippen LogP contribution is -2.56. The molecule has 2 saturated heterocycles. The van der Waals surface area contributed by atoms with Crippen LogP contribution < -0.4 is 0 Å². The highest BCUT2D eigenvalue weighted by Gasteiger charge is 2.33. The molecule has 2 aromatic rings. The normalized spacial score (nSPS) is 22.2. The molecule has 0 bridgehead atoms. The Kier molecular flexibility index (Phi) is 4.98. The molecule has 4 rings (SSSR count). The molecule has 0 radical (unpaired) electrons. The molecule has 1 N–H and O–H groups in total. The van der Waals surface area contributed by atoms with Crippen molar-refractivity contribution in [3.63, 3.8) is 0 Å². The minimum atomic E-state index is -3.33. The van der Waals surface area contributed by atoms with Crippen LogP contribution in [0.5, 0.6) is 0 Å². The van der Waals surface area contributed by atoms with Gasteiger partial charge in [-0.1, -0.05) is 12.1 Å². The molecule has 142 valence electrons. The van der Waals surface area contributed by atoms with E-state index in [1.165, 1.54) is 5.56 Å². The molecule has 1 aromatic carbocycles. The van der Waals surface area contributed by atoms with Crippen LogP contribution in [0.2, 0.25) is 0 Å². The van der Waals surface area contributed by atoms with Crippen LogP contribution in [0, 0.1) is 0 Å². The zero-order valence-corrected chi connectivity index (χ0v) is 16.0. The maximum absolute atomic E-state index is 12.8. The molecule has 0 saturated carbocycles. The van der Waals surface area contributed by atoms with Gasteiger partial charge in [0.2, 0.25) is 0 Å². The van der Waals surface area contributed by atoms with Crippen LogP contribution in [-0.2, 0) is 16.8 Å². The Morgan fingerprint density at radius 3 is 2.35 bits per heavy atom. The molecule has 2 aliphatic rings. The number of fused-ring (bicyclic) bond motifs is 1. The average Bonchev–Trinajstić information content (AvgIpc) is 3.10. The van der Waals surface area contributed by atoms with Crippen molar-refractivity contribution in [3.8, 4) is 0 Å². The third-order valence-corrected chi connectivity index (χ3v) is 7.39. The highest BCUT2D eigenvalue weighted by molar-refractivity contribution is 7.86. The Hall–Kier alpha value is -1.52. The molecule has 2 aliphatic heterocycles. The molecule has 26 heavy (non-hydrogen) atoms. The summed E-state index contributed by atoms with van der Waals surface area (Å²) >= 11 is 0. The fourth-order valence-corrected chi connectivity index (χ4v) is 5.22. The van der Waals surface area contributed by atoms with Gasteiger partial charge in [0, 0.05) is 64.3 Å². The van der Waals surface area contributed by atoms with Crippen molar-refractivity contribution in [1.82, 2.24) is 28.6 Å². The summed E-state index contributed by atoms with van der Waals surface area (Å²) in [6.45, 7) is 6.23. The highest BCUT2D eigenvalue weighted by Crippen LogP contribution is 2.18. The van der Waals surface area contributed by atoms with Crippen LogP contribution in [0.15, 0.2) is 24.4 Å². The zero-order valence-electron chi connectivity index (χ0n) is 15.1. The van der Waals surface area contributed by atoms with Gasteiger partial charge >= 0.3 is 0 Å². The Bertz CT molecular complexity index is 851. The van der Waals surface area contributed by atoms with Crippen LogP contribution in [-0.4, -0.2) is 96.4 Å². The predicted molar refractivity (Wildman–Crippen MR) is 101 cm³/mol. The maximum atomic E-state index is 12.8. The molecule has 2 fully saturated rings. The summed E-state index contributed by atoms with van der Waals surface area (Å²) in [5, 5.41) is 8.16. The van der Waals surface area contributed by atoms with Crippen molar-refractivity contribution in [2.24, 2.45) is 0 Å². The molecule has 0 amide bonds. The Balaban J connectivity index is 1.34. The minimum absolute atomic E-state index is 0.557. The van der Waals surface area contributed by atoms with E-state index in [1.54, 1.807) is 8.61 Å². The third kappa shape index (κ3) is 3.63. The number of likely N-dealkylation sites (N-methyl/N-ethyl adjacent to an activating group) is 1. The summed E-state index contributed by atoms with van der Waals surface area (Å²) in [6.07, 6.45) is 1.82. The Morgan fingerprint density at radius 2 is 1.65 bits per heavy atom. The van der Waals surface area contributed by atoms with Crippen LogP contribution in [0.4, 0.5) is 0 Å². The number of rotatable bonds is 4. The Morgan fingerprint density at radius 1 is 1.00 bits per heavy atom. The van der Waals surface area contributed by atoms with Gasteiger partial charge in [-0.05, 0) is 18.7 Å². The van der Waals surface area contributed by atoms with Gasteiger partial charge in [0.25, 0.3) is 10.2 Å². The Labute approximate surface area is 154 Å². The van der Waals surface area contributed by atoms with Crippen molar-refractivity contribution in [3.05, 3.63) is 30.0 Å². The van der Waals surface area contributed by atoms with Gasteiger partial charge in [-0.3, -0.25) is 10.00 Å². The molecule has 0 spiro atoms. The highest BCUT2D eigenvalue weighted by atomic mass is 32.2. The minimum Gasteiger partial charge on any atom is -0.304 e. The molecule has 0 atom stereocenters. The van der Waals surface area contributed by atoms with E-state index in [0.717, 1.165) is 43.6 Å². The molecule has 1 aromatic heterocycles. The second-order valence-electron chi connectivity index (χ2n) is 7.18. The molecule has 3 heterocycles. The summed E-state index contributed by atoms with van der Waals surface area (Å²) in [4.78, 5) is 4.48. The number of hydrogen-bond acceptors (Lipinski definition) is 5. The smallest absolute Gasteiger partial charge is 0.282 e. The van der Waals surface area contributed by atoms with Gasteiger partial charge in [-0.15, -0.1) is 0 Å². The molecule has 8 nitrogen and oxygen atoms in total. The number of nitrogens with one attached hydrogen (secondary N) is 1. The molecule has 9 heteroatoms. The topological polar surface area (TPSA) is 75.8 Å². The quantitative estimate of drug-likeness (QED) is 0.821. The predicted octanol–water partition coefficient (Wildman–Crippen LogP) is 0.173. The number of nitrogens with zero attached hydrogens (tertiary/aromatic N) is 5. The lowest BCUT2D eigenvalue weighted by molar-refractivity contribution is 0.165. The standard InChI is InChI=1S/C17H26N6O2S/c1-20-4-8-22(9-5-20)26(24,25)23-10-6-21(7-11-23)14-15-2-3-16-13-18-19-17(16)12-15/h2-3,12-13H,4-11,14H2,1H3,(H,18,19). The van der Waals surface area contributed by atoms with Gasteiger partial charge in [0.05, 0.1) is 11.7 Å². The van der Waals surface area contributed by atoms with Crippen LogP contribution >= 0.6 is 0 Å². The number of H-pyrrole nitrogens is 1. The third-order valence-electron chi connectivity index (χ3n) is 5.36. The number of piperazine rings is 2. The van der Waals surface area contributed by atoms with Gasteiger partial charge in [0.15, 0.2) is 0 Å². The van der Waals surface area contributed by atoms with Crippen LogP contribution in [0.1, 0.15) is 5.56 Å². The van der Waals surface area contributed by atoms with E-state index in [1.807, 2.05) is 13.2 Å². The number of benzene rings is 1. The van der Waals surface area contributed by atoms with Gasteiger partial charge in [-0.25, -0.2) is 0 Å². The summed E-state index contributed by atoms with van der Waals surface area (Å²) in [5.41, 5.74) is 2.26. The van der Waals surface area contributed by atoms with E-state index in [4.69, 9.17) is 0 Å². The molecule has 0 aliphatic carbocycles. The number of aromatic nitrogens is 2.